The van der Waals surface area contributed by atoms with E-state index in [-0.39, 0.29) is 11.5 Å². The molecule has 2 heterocycles. The summed E-state index contributed by atoms with van der Waals surface area (Å²) in [6, 6.07) is 4.74. The van der Waals surface area contributed by atoms with Gasteiger partial charge in [-0.05, 0) is 44.4 Å². The molecule has 1 amide bonds. The molecule has 2 aliphatic rings. The third-order valence-corrected chi connectivity index (χ3v) is 4.62. The molecule has 3 nitrogen and oxygen atoms in total. The monoisotopic (exact) mass is 276 g/mol. The van der Waals surface area contributed by atoms with Crippen molar-refractivity contribution in [2.45, 2.75) is 13.3 Å². The van der Waals surface area contributed by atoms with E-state index in [2.05, 4.69) is 11.9 Å². The van der Waals surface area contributed by atoms with E-state index >= 15 is 0 Å². The number of amides is 1. The molecule has 0 aliphatic carbocycles. The average molecular weight is 276 g/mol. The first kappa shape index (κ1) is 13.6. The van der Waals surface area contributed by atoms with Crippen LogP contribution in [0.2, 0.25) is 0 Å². The van der Waals surface area contributed by atoms with E-state index in [0.717, 1.165) is 38.2 Å². The van der Waals surface area contributed by atoms with E-state index in [1.54, 1.807) is 12.1 Å². The van der Waals surface area contributed by atoms with Crippen molar-refractivity contribution >= 4 is 5.91 Å². The molecular weight excluding hydrogens is 255 g/mol. The summed E-state index contributed by atoms with van der Waals surface area (Å²) >= 11 is 0. The number of benzene rings is 1. The maximum atomic E-state index is 13.8. The van der Waals surface area contributed by atoms with E-state index in [4.69, 9.17) is 0 Å². The fourth-order valence-electron chi connectivity index (χ4n) is 3.56. The molecule has 20 heavy (non-hydrogen) atoms. The minimum atomic E-state index is -0.411. The molecular formula is C16H21FN2O. The Morgan fingerprint density at radius 1 is 1.25 bits per heavy atom. The predicted molar refractivity (Wildman–Crippen MR) is 76.1 cm³/mol. The Labute approximate surface area is 119 Å². The van der Waals surface area contributed by atoms with Crippen LogP contribution in [0.1, 0.15) is 22.3 Å². The van der Waals surface area contributed by atoms with E-state index < -0.39 is 5.82 Å². The standard InChI is InChI=1S/C16H21FN2O/c1-11-3-4-15(17)14(7-11)16(20)19-6-5-12-8-18(2)9-13(12)10-19/h3-4,7,12-13H,5-6,8-10H2,1-2H3. The normalized spacial score (nSPS) is 26.6. The van der Waals surface area contributed by atoms with Crippen molar-refractivity contribution in [3.05, 3.63) is 35.1 Å². The number of rotatable bonds is 1. The fourth-order valence-corrected chi connectivity index (χ4v) is 3.56. The SMILES string of the molecule is Cc1ccc(F)c(C(=O)N2CCC3CN(C)CC3C2)c1. The molecule has 1 aromatic carbocycles. The number of carbonyl (C=O) groups is 1. The van der Waals surface area contributed by atoms with Gasteiger partial charge in [-0.15, -0.1) is 0 Å². The van der Waals surface area contributed by atoms with Gasteiger partial charge in [0, 0.05) is 26.2 Å². The highest BCUT2D eigenvalue weighted by Gasteiger charge is 2.37. The van der Waals surface area contributed by atoms with Gasteiger partial charge in [0.2, 0.25) is 0 Å². The summed E-state index contributed by atoms with van der Waals surface area (Å²) < 4.78 is 13.8. The summed E-state index contributed by atoms with van der Waals surface area (Å²) in [7, 11) is 2.13. The number of likely N-dealkylation sites (tertiary alicyclic amines) is 2. The number of hydrogen-bond donors (Lipinski definition) is 0. The first-order valence-electron chi connectivity index (χ1n) is 7.28. The van der Waals surface area contributed by atoms with Crippen molar-refractivity contribution in [3.8, 4) is 0 Å². The fraction of sp³-hybridized carbons (Fsp3) is 0.562. The van der Waals surface area contributed by atoms with Crippen molar-refractivity contribution in [2.24, 2.45) is 11.8 Å². The minimum absolute atomic E-state index is 0.154. The summed E-state index contributed by atoms with van der Waals surface area (Å²) in [5.41, 5.74) is 1.14. The number of halogens is 1. The first-order chi connectivity index (χ1) is 9.54. The second-order valence-corrected chi connectivity index (χ2v) is 6.26. The molecule has 108 valence electrons. The number of hydrogen-bond acceptors (Lipinski definition) is 2. The summed E-state index contributed by atoms with van der Waals surface area (Å²) in [6.07, 6.45) is 1.04. The lowest BCUT2D eigenvalue weighted by Crippen LogP contribution is -2.43. The number of fused-ring (bicyclic) bond motifs is 1. The molecule has 2 fully saturated rings. The van der Waals surface area contributed by atoms with Crippen LogP contribution in [0.15, 0.2) is 18.2 Å². The van der Waals surface area contributed by atoms with Crippen molar-refractivity contribution in [2.75, 3.05) is 33.2 Å². The third kappa shape index (κ3) is 2.44. The number of piperidine rings is 1. The summed E-state index contributed by atoms with van der Waals surface area (Å²) in [5, 5.41) is 0. The Balaban J connectivity index is 1.76. The van der Waals surface area contributed by atoms with Crippen LogP contribution in [-0.2, 0) is 0 Å². The van der Waals surface area contributed by atoms with E-state index in [0.29, 0.717) is 11.8 Å². The topological polar surface area (TPSA) is 23.6 Å². The van der Waals surface area contributed by atoms with Crippen molar-refractivity contribution < 1.29 is 9.18 Å². The maximum Gasteiger partial charge on any atom is 0.256 e. The van der Waals surface area contributed by atoms with Gasteiger partial charge in [-0.3, -0.25) is 4.79 Å². The Morgan fingerprint density at radius 2 is 2.00 bits per heavy atom. The highest BCUT2D eigenvalue weighted by molar-refractivity contribution is 5.94. The van der Waals surface area contributed by atoms with Crippen LogP contribution >= 0.6 is 0 Å². The number of nitrogens with zero attached hydrogens (tertiary/aromatic N) is 2. The Bertz CT molecular complexity index is 531. The van der Waals surface area contributed by atoms with Gasteiger partial charge in [-0.2, -0.15) is 0 Å². The lowest BCUT2D eigenvalue weighted by molar-refractivity contribution is 0.0637. The van der Waals surface area contributed by atoms with Crippen LogP contribution < -0.4 is 0 Å². The van der Waals surface area contributed by atoms with Gasteiger partial charge in [-0.25, -0.2) is 4.39 Å². The average Bonchev–Trinajstić information content (AvgIpc) is 2.79. The van der Waals surface area contributed by atoms with Gasteiger partial charge in [0.1, 0.15) is 5.82 Å². The van der Waals surface area contributed by atoms with Crippen LogP contribution in [0, 0.1) is 24.6 Å². The first-order valence-corrected chi connectivity index (χ1v) is 7.28. The van der Waals surface area contributed by atoms with Crippen molar-refractivity contribution in [1.82, 2.24) is 9.80 Å². The van der Waals surface area contributed by atoms with E-state index in [1.165, 1.54) is 6.07 Å². The lowest BCUT2D eigenvalue weighted by atomic mass is 9.88. The Kier molecular flexibility index (Phi) is 3.50. The molecule has 2 aliphatic heterocycles. The van der Waals surface area contributed by atoms with Gasteiger partial charge in [0.15, 0.2) is 0 Å². The summed E-state index contributed by atoms with van der Waals surface area (Å²) in [4.78, 5) is 16.7. The molecule has 1 aromatic rings. The molecule has 0 N–H and O–H groups in total. The van der Waals surface area contributed by atoms with Crippen LogP contribution in [0.4, 0.5) is 4.39 Å². The second-order valence-electron chi connectivity index (χ2n) is 6.26. The zero-order valence-corrected chi connectivity index (χ0v) is 12.1. The van der Waals surface area contributed by atoms with Crippen LogP contribution in [-0.4, -0.2) is 48.9 Å². The molecule has 2 atom stereocenters. The van der Waals surface area contributed by atoms with Crippen LogP contribution in [0.5, 0.6) is 0 Å². The molecule has 0 aromatic heterocycles. The maximum absolute atomic E-state index is 13.8. The number of aryl methyl sites for hydroxylation is 1. The van der Waals surface area contributed by atoms with Gasteiger partial charge in [0.05, 0.1) is 5.56 Å². The minimum Gasteiger partial charge on any atom is -0.338 e. The van der Waals surface area contributed by atoms with Crippen molar-refractivity contribution in [3.63, 3.8) is 0 Å². The van der Waals surface area contributed by atoms with Gasteiger partial charge in [0.25, 0.3) is 5.91 Å². The number of carbonyl (C=O) groups excluding carboxylic acids is 1. The Morgan fingerprint density at radius 3 is 2.80 bits per heavy atom. The predicted octanol–water partition coefficient (Wildman–Crippen LogP) is 2.16. The highest BCUT2D eigenvalue weighted by Crippen LogP contribution is 2.31. The molecule has 3 rings (SSSR count). The Hall–Kier alpha value is -1.42. The smallest absolute Gasteiger partial charge is 0.256 e. The van der Waals surface area contributed by atoms with Crippen LogP contribution in [0.25, 0.3) is 0 Å². The van der Waals surface area contributed by atoms with Crippen LogP contribution in [0.3, 0.4) is 0 Å². The second kappa shape index (κ2) is 5.17. The molecule has 2 saturated heterocycles. The van der Waals surface area contributed by atoms with Crippen molar-refractivity contribution in [1.29, 1.82) is 0 Å². The van der Waals surface area contributed by atoms with Gasteiger partial charge in [-0.1, -0.05) is 11.6 Å². The highest BCUT2D eigenvalue weighted by atomic mass is 19.1. The molecule has 0 spiro atoms. The molecule has 0 radical (unpaired) electrons. The summed E-state index contributed by atoms with van der Waals surface area (Å²) in [6.45, 7) is 5.58. The summed E-state index contributed by atoms with van der Waals surface area (Å²) in [5.74, 6) is 0.683. The molecule has 0 bridgehead atoms. The quantitative estimate of drug-likeness (QED) is 0.785. The largest absolute Gasteiger partial charge is 0.338 e. The van der Waals surface area contributed by atoms with Gasteiger partial charge < -0.3 is 9.80 Å². The van der Waals surface area contributed by atoms with Gasteiger partial charge >= 0.3 is 0 Å². The third-order valence-electron chi connectivity index (χ3n) is 4.62. The zero-order chi connectivity index (χ0) is 14.3. The van der Waals surface area contributed by atoms with E-state index in [9.17, 15) is 9.18 Å². The zero-order valence-electron chi connectivity index (χ0n) is 12.1. The molecule has 2 unspecified atom stereocenters. The molecule has 0 saturated carbocycles. The lowest BCUT2D eigenvalue weighted by Gasteiger charge is -2.34. The van der Waals surface area contributed by atoms with E-state index in [1.807, 2.05) is 11.8 Å². The molecule has 4 heteroatoms.